The fourth-order valence-corrected chi connectivity index (χ4v) is 3.53. The zero-order valence-corrected chi connectivity index (χ0v) is 13.5. The monoisotopic (exact) mass is 311 g/mol. The highest BCUT2D eigenvalue weighted by Crippen LogP contribution is 2.13. The van der Waals surface area contributed by atoms with Gasteiger partial charge in [-0.25, -0.2) is 8.42 Å². The van der Waals surface area contributed by atoms with E-state index in [-0.39, 0.29) is 5.75 Å². The van der Waals surface area contributed by atoms with Gasteiger partial charge in [-0.05, 0) is 25.8 Å². The summed E-state index contributed by atoms with van der Waals surface area (Å²) in [5, 5.41) is 0. The van der Waals surface area contributed by atoms with Gasteiger partial charge in [0.05, 0.1) is 19.0 Å². The molecule has 2 atom stereocenters. The largest absolute Gasteiger partial charge is 0.378 e. The zero-order chi connectivity index (χ0) is 14.3. The van der Waals surface area contributed by atoms with Gasteiger partial charge >= 0.3 is 0 Å². The van der Waals surface area contributed by atoms with Crippen molar-refractivity contribution in [2.75, 3.05) is 50.3 Å². The molecule has 1 rings (SSSR count). The summed E-state index contributed by atoms with van der Waals surface area (Å²) in [5.74, 6) is 0.976. The summed E-state index contributed by atoms with van der Waals surface area (Å²) >= 11 is 0. The average molecular weight is 311 g/mol. The van der Waals surface area contributed by atoms with Crippen molar-refractivity contribution in [3.63, 3.8) is 0 Å². The molecule has 0 aromatic heterocycles. The van der Waals surface area contributed by atoms with Crippen LogP contribution in [0.4, 0.5) is 0 Å². The Labute approximate surface area is 119 Å². The second kappa shape index (κ2) is 8.34. The molecule has 19 heavy (non-hydrogen) atoms. The lowest BCUT2D eigenvalue weighted by Crippen LogP contribution is -2.46. The number of nitrogens with zero attached hydrogens (tertiary/aromatic N) is 1. The number of hydrogen-bond donors (Lipinski definition) is 0. The van der Waals surface area contributed by atoms with Crippen LogP contribution in [-0.2, 0) is 25.4 Å². The standard InChI is InChI=1S/C12H25NO4S2/c1-18(14)9-3-5-12-11-17-8-7-13(12)6-4-10-19(2,15)16/h12H,3-11H2,1-2H3. The van der Waals surface area contributed by atoms with Crippen LogP contribution in [0.25, 0.3) is 0 Å². The fourth-order valence-electron chi connectivity index (χ4n) is 2.30. The Morgan fingerprint density at radius 3 is 2.74 bits per heavy atom. The minimum atomic E-state index is -2.87. The van der Waals surface area contributed by atoms with Gasteiger partial charge in [-0.1, -0.05) is 0 Å². The lowest BCUT2D eigenvalue weighted by molar-refractivity contribution is -0.0102. The lowest BCUT2D eigenvalue weighted by atomic mass is 10.1. The molecule has 114 valence electrons. The Kier molecular flexibility index (Phi) is 7.49. The van der Waals surface area contributed by atoms with E-state index >= 15 is 0 Å². The zero-order valence-electron chi connectivity index (χ0n) is 11.8. The molecular weight excluding hydrogens is 286 g/mol. The van der Waals surface area contributed by atoms with Gasteiger partial charge in [0.15, 0.2) is 0 Å². The van der Waals surface area contributed by atoms with E-state index in [4.69, 9.17) is 4.74 Å². The molecule has 7 heteroatoms. The van der Waals surface area contributed by atoms with Gasteiger partial charge in [0.1, 0.15) is 9.84 Å². The van der Waals surface area contributed by atoms with Crippen LogP contribution in [0, 0.1) is 0 Å². The predicted octanol–water partition coefficient (Wildman–Crippen LogP) is 0.281. The van der Waals surface area contributed by atoms with Crippen molar-refractivity contribution in [2.45, 2.75) is 25.3 Å². The van der Waals surface area contributed by atoms with Gasteiger partial charge in [-0.15, -0.1) is 0 Å². The van der Waals surface area contributed by atoms with Crippen molar-refractivity contribution in [2.24, 2.45) is 0 Å². The molecule has 0 bridgehead atoms. The van der Waals surface area contributed by atoms with Crippen LogP contribution < -0.4 is 0 Å². The van der Waals surface area contributed by atoms with Gasteiger partial charge in [0, 0.05) is 41.7 Å². The van der Waals surface area contributed by atoms with E-state index in [0.717, 1.165) is 38.3 Å². The quantitative estimate of drug-likeness (QED) is 0.644. The van der Waals surface area contributed by atoms with Crippen LogP contribution in [0.2, 0.25) is 0 Å². The maximum Gasteiger partial charge on any atom is 0.147 e. The molecule has 1 saturated heterocycles. The van der Waals surface area contributed by atoms with Crippen molar-refractivity contribution >= 4 is 20.6 Å². The number of morpholine rings is 1. The van der Waals surface area contributed by atoms with Crippen molar-refractivity contribution in [1.82, 2.24) is 4.90 Å². The molecule has 0 amide bonds. The maximum absolute atomic E-state index is 11.1. The van der Waals surface area contributed by atoms with Crippen molar-refractivity contribution in [3.8, 4) is 0 Å². The predicted molar refractivity (Wildman–Crippen MR) is 78.7 cm³/mol. The third-order valence-electron chi connectivity index (χ3n) is 3.28. The van der Waals surface area contributed by atoms with E-state index in [0.29, 0.717) is 19.1 Å². The van der Waals surface area contributed by atoms with E-state index in [1.54, 1.807) is 6.26 Å². The minimum Gasteiger partial charge on any atom is -0.378 e. The lowest BCUT2D eigenvalue weighted by Gasteiger charge is -2.35. The van der Waals surface area contributed by atoms with Gasteiger partial charge in [0.25, 0.3) is 0 Å². The summed E-state index contributed by atoms with van der Waals surface area (Å²) in [7, 11) is -3.61. The molecule has 0 N–H and O–H groups in total. The first kappa shape index (κ1) is 17.1. The SMILES string of the molecule is CS(=O)CCCC1COCCN1CCCS(C)(=O)=O. The second-order valence-electron chi connectivity index (χ2n) is 5.17. The smallest absolute Gasteiger partial charge is 0.147 e. The Morgan fingerprint density at radius 2 is 2.11 bits per heavy atom. The third-order valence-corrected chi connectivity index (χ3v) is 5.17. The molecule has 0 aromatic rings. The molecule has 0 aliphatic carbocycles. The van der Waals surface area contributed by atoms with Gasteiger partial charge in [0.2, 0.25) is 0 Å². The summed E-state index contributed by atoms with van der Waals surface area (Å²) in [5.41, 5.74) is 0. The van der Waals surface area contributed by atoms with E-state index in [2.05, 4.69) is 4.90 Å². The van der Waals surface area contributed by atoms with E-state index in [1.807, 2.05) is 0 Å². The summed E-state index contributed by atoms with van der Waals surface area (Å²) < 4.78 is 38.8. The van der Waals surface area contributed by atoms with Crippen LogP contribution in [-0.4, -0.2) is 73.9 Å². The molecule has 1 aliphatic rings. The Morgan fingerprint density at radius 1 is 1.37 bits per heavy atom. The Hall–Kier alpha value is 0.0200. The number of ether oxygens (including phenoxy) is 1. The first-order chi connectivity index (χ1) is 8.88. The van der Waals surface area contributed by atoms with Crippen LogP contribution >= 0.6 is 0 Å². The van der Waals surface area contributed by atoms with Crippen LogP contribution in [0.5, 0.6) is 0 Å². The minimum absolute atomic E-state index is 0.246. The van der Waals surface area contributed by atoms with Crippen molar-refractivity contribution < 1.29 is 17.4 Å². The maximum atomic E-state index is 11.1. The molecule has 0 aromatic carbocycles. The van der Waals surface area contributed by atoms with E-state index in [1.165, 1.54) is 6.26 Å². The number of sulfone groups is 1. The van der Waals surface area contributed by atoms with Gasteiger partial charge in [-0.2, -0.15) is 0 Å². The fraction of sp³-hybridized carbons (Fsp3) is 1.00. The molecule has 1 heterocycles. The molecular formula is C12H25NO4S2. The average Bonchev–Trinajstić information content (AvgIpc) is 2.29. The highest BCUT2D eigenvalue weighted by atomic mass is 32.2. The van der Waals surface area contributed by atoms with Crippen LogP contribution in [0.15, 0.2) is 0 Å². The normalized spacial score (nSPS) is 23.4. The molecule has 0 radical (unpaired) electrons. The van der Waals surface area contributed by atoms with E-state index in [9.17, 15) is 12.6 Å². The van der Waals surface area contributed by atoms with Gasteiger partial charge < -0.3 is 4.74 Å². The van der Waals surface area contributed by atoms with Gasteiger partial charge in [-0.3, -0.25) is 9.11 Å². The Bertz CT molecular complexity index is 383. The number of rotatable bonds is 8. The molecule has 5 nitrogen and oxygen atoms in total. The molecule has 1 aliphatic heterocycles. The highest BCUT2D eigenvalue weighted by Gasteiger charge is 2.22. The summed E-state index contributed by atoms with van der Waals surface area (Å²) in [6, 6.07) is 0.344. The summed E-state index contributed by atoms with van der Waals surface area (Å²) in [4.78, 5) is 2.31. The van der Waals surface area contributed by atoms with Crippen molar-refractivity contribution in [1.29, 1.82) is 0 Å². The van der Waals surface area contributed by atoms with E-state index < -0.39 is 20.6 Å². The Balaban J connectivity index is 2.33. The molecule has 0 saturated carbocycles. The first-order valence-electron chi connectivity index (χ1n) is 6.68. The third kappa shape index (κ3) is 8.02. The number of hydrogen-bond acceptors (Lipinski definition) is 5. The molecule has 2 unspecified atom stereocenters. The molecule has 1 fully saturated rings. The molecule has 0 spiro atoms. The summed E-state index contributed by atoms with van der Waals surface area (Å²) in [6.07, 6.45) is 5.58. The first-order valence-corrected chi connectivity index (χ1v) is 10.5. The second-order valence-corrected chi connectivity index (χ2v) is 8.98. The van der Waals surface area contributed by atoms with Crippen molar-refractivity contribution in [3.05, 3.63) is 0 Å². The topological polar surface area (TPSA) is 63.7 Å². The van der Waals surface area contributed by atoms with Crippen LogP contribution in [0.3, 0.4) is 0 Å². The van der Waals surface area contributed by atoms with Crippen LogP contribution in [0.1, 0.15) is 19.3 Å². The summed E-state index contributed by atoms with van der Waals surface area (Å²) in [6.45, 7) is 3.09. The highest BCUT2D eigenvalue weighted by molar-refractivity contribution is 7.90.